The van der Waals surface area contributed by atoms with E-state index in [4.69, 9.17) is 12.8 Å². The van der Waals surface area contributed by atoms with Crippen LogP contribution in [0.4, 0.5) is 0 Å². The predicted octanol–water partition coefficient (Wildman–Crippen LogP) is 8.97. The van der Waals surface area contributed by atoms with Gasteiger partial charge in [-0.05, 0) is 111 Å². The van der Waals surface area contributed by atoms with E-state index >= 15 is 0 Å². The Kier molecular flexibility index (Phi) is 11.4. The van der Waals surface area contributed by atoms with E-state index in [-0.39, 0.29) is 21.7 Å². The molecule has 14 atom stereocenters. The number of aliphatic hydroxyl groups excluding tert-OH is 2. The Morgan fingerprint density at radius 1 is 0.635 bits per heavy atom. The second-order valence-electron chi connectivity index (χ2n) is 17.4. The quantitative estimate of drug-likeness (QED) is 0.126. The van der Waals surface area contributed by atoms with Gasteiger partial charge in [0, 0.05) is 21.7 Å². The van der Waals surface area contributed by atoms with Crippen molar-refractivity contribution in [3.8, 4) is 24.7 Å². The van der Waals surface area contributed by atoms with Gasteiger partial charge in [-0.1, -0.05) is 125 Å². The number of rotatable bonds is 6. The second-order valence-corrected chi connectivity index (χ2v) is 17.4. The SMILES string of the molecule is C#CC(O)[C@@]1(C)C(=C)[C@@H]2CC[C@H]1C2.C#CC(O)[C@]1(C)C(=C)[C@H]2C=C[C@@H]1C2.C=C1[C@@H]2CC[C@@H](C2)[C@@]1(C)/C=C/C=O.C=C1[C@H]2C=C[C@H](C2)[C@]1(C)/C=C/C=O. The molecule has 0 aromatic heterocycles. The fourth-order valence-electron chi connectivity index (χ4n) is 11.2. The zero-order chi connectivity index (χ0) is 38.2. The molecule has 8 rings (SSSR count). The number of aldehydes is 2. The van der Waals surface area contributed by atoms with Crippen LogP contribution in [0.5, 0.6) is 0 Å². The van der Waals surface area contributed by atoms with Gasteiger partial charge in [-0.3, -0.25) is 9.59 Å². The van der Waals surface area contributed by atoms with Gasteiger partial charge in [0.25, 0.3) is 0 Å². The predicted molar refractivity (Wildman–Crippen MR) is 212 cm³/mol. The Morgan fingerprint density at radius 2 is 1.12 bits per heavy atom. The number of fused-ring (bicyclic) bond motifs is 8. The molecule has 0 aromatic rings. The fraction of sp³-hybridized carbons (Fsp3) is 0.542. The van der Waals surface area contributed by atoms with Gasteiger partial charge in [-0.15, -0.1) is 12.8 Å². The number of aliphatic hydroxyl groups is 2. The van der Waals surface area contributed by atoms with Gasteiger partial charge >= 0.3 is 0 Å². The van der Waals surface area contributed by atoms with Crippen molar-refractivity contribution >= 4 is 12.6 Å². The summed E-state index contributed by atoms with van der Waals surface area (Å²) in [5, 5.41) is 19.6. The zero-order valence-electron chi connectivity index (χ0n) is 31.9. The van der Waals surface area contributed by atoms with Crippen LogP contribution in [0.2, 0.25) is 0 Å². The van der Waals surface area contributed by atoms with E-state index in [0.717, 1.165) is 36.4 Å². The molecule has 276 valence electrons. The first-order chi connectivity index (χ1) is 24.6. The summed E-state index contributed by atoms with van der Waals surface area (Å²) < 4.78 is 0. The number of hydrogen-bond donors (Lipinski definition) is 2. The van der Waals surface area contributed by atoms with Crippen molar-refractivity contribution in [2.45, 2.75) is 91.3 Å². The summed E-state index contributed by atoms with van der Waals surface area (Å²) in [4.78, 5) is 20.6. The van der Waals surface area contributed by atoms with Crippen molar-refractivity contribution in [1.29, 1.82) is 0 Å². The van der Waals surface area contributed by atoms with E-state index < -0.39 is 12.2 Å². The molecule has 4 heteroatoms. The molecule has 8 aliphatic rings. The van der Waals surface area contributed by atoms with Crippen LogP contribution < -0.4 is 0 Å². The van der Waals surface area contributed by atoms with Gasteiger partial charge in [0.05, 0.1) is 0 Å². The van der Waals surface area contributed by atoms with Crippen molar-refractivity contribution in [1.82, 2.24) is 0 Å². The number of allylic oxidation sites excluding steroid dienone is 10. The minimum Gasteiger partial charge on any atom is -0.379 e. The molecule has 8 bridgehead atoms. The van der Waals surface area contributed by atoms with Crippen molar-refractivity contribution in [3.05, 3.63) is 97.2 Å². The van der Waals surface area contributed by atoms with E-state index in [1.165, 1.54) is 61.7 Å². The molecule has 0 spiro atoms. The smallest absolute Gasteiger partial charge is 0.142 e. The lowest BCUT2D eigenvalue weighted by Gasteiger charge is -2.37. The number of hydrogen-bond acceptors (Lipinski definition) is 4. The Bertz CT molecular complexity index is 1690. The largest absolute Gasteiger partial charge is 0.379 e. The molecule has 0 heterocycles. The molecule has 0 aromatic carbocycles. The first-order valence-corrected chi connectivity index (χ1v) is 19.3. The minimum absolute atomic E-state index is 0.0281. The van der Waals surface area contributed by atoms with Crippen molar-refractivity contribution in [3.63, 3.8) is 0 Å². The van der Waals surface area contributed by atoms with Crippen molar-refractivity contribution < 1.29 is 19.8 Å². The van der Waals surface area contributed by atoms with Crippen molar-refractivity contribution in [2.24, 2.45) is 69.0 Å². The molecule has 8 aliphatic carbocycles. The Hall–Kier alpha value is -3.70. The molecule has 4 nitrogen and oxygen atoms in total. The van der Waals surface area contributed by atoms with Crippen LogP contribution in [0.25, 0.3) is 0 Å². The minimum atomic E-state index is -0.694. The lowest BCUT2D eigenvalue weighted by Crippen LogP contribution is -2.37. The van der Waals surface area contributed by atoms with Crippen LogP contribution in [-0.2, 0) is 9.59 Å². The first kappa shape index (κ1) is 39.5. The molecule has 52 heavy (non-hydrogen) atoms. The van der Waals surface area contributed by atoms with Crippen LogP contribution in [-0.4, -0.2) is 35.0 Å². The highest BCUT2D eigenvalue weighted by Gasteiger charge is 2.54. The average molecular weight is 701 g/mol. The summed E-state index contributed by atoms with van der Waals surface area (Å²) in [6, 6.07) is 0. The molecule has 2 unspecified atom stereocenters. The highest BCUT2D eigenvalue weighted by molar-refractivity contribution is 5.66. The first-order valence-electron chi connectivity index (χ1n) is 19.3. The molecular weight excluding hydrogens is 641 g/mol. The van der Waals surface area contributed by atoms with Gasteiger partial charge in [-0.2, -0.15) is 0 Å². The highest BCUT2D eigenvalue weighted by atomic mass is 16.3. The molecule has 0 radical (unpaired) electrons. The van der Waals surface area contributed by atoms with Crippen molar-refractivity contribution in [2.75, 3.05) is 0 Å². The lowest BCUT2D eigenvalue weighted by molar-refractivity contribution is -0.104. The third kappa shape index (κ3) is 6.35. The van der Waals surface area contributed by atoms with Gasteiger partial charge in [0.2, 0.25) is 0 Å². The summed E-state index contributed by atoms with van der Waals surface area (Å²) in [6.45, 7) is 24.9. The number of carbonyl (C=O) groups is 2. The molecule has 0 saturated heterocycles. The maximum atomic E-state index is 10.3. The van der Waals surface area contributed by atoms with Gasteiger partial charge in [-0.25, -0.2) is 0 Å². The molecule has 0 aliphatic heterocycles. The van der Waals surface area contributed by atoms with Crippen LogP contribution >= 0.6 is 0 Å². The summed E-state index contributed by atoms with van der Waals surface area (Å²) in [5.74, 6) is 9.47. The third-order valence-corrected chi connectivity index (χ3v) is 15.4. The third-order valence-electron chi connectivity index (χ3n) is 15.4. The Balaban J connectivity index is 0.000000134. The molecular formula is C48H60O4. The molecule has 2 N–H and O–H groups in total. The topological polar surface area (TPSA) is 74.6 Å². The van der Waals surface area contributed by atoms with Crippen LogP contribution in [0.1, 0.15) is 79.1 Å². The lowest BCUT2D eigenvalue weighted by atomic mass is 9.68. The van der Waals surface area contributed by atoms with E-state index in [1.807, 2.05) is 19.1 Å². The maximum absolute atomic E-state index is 10.3. The summed E-state index contributed by atoms with van der Waals surface area (Å²) in [5.41, 5.74) is 4.57. The Labute approximate surface area is 313 Å². The van der Waals surface area contributed by atoms with E-state index in [0.29, 0.717) is 35.5 Å². The van der Waals surface area contributed by atoms with E-state index in [1.54, 1.807) is 12.2 Å². The molecule has 6 fully saturated rings. The number of carbonyl (C=O) groups excluding carboxylic acids is 2. The fourth-order valence-corrected chi connectivity index (χ4v) is 11.2. The normalized spacial score (nSPS) is 43.5. The molecule has 0 amide bonds. The maximum Gasteiger partial charge on any atom is 0.142 e. The zero-order valence-corrected chi connectivity index (χ0v) is 31.9. The number of terminal acetylenes is 2. The summed E-state index contributed by atoms with van der Waals surface area (Å²) in [6.07, 6.45) is 36.9. The van der Waals surface area contributed by atoms with Crippen LogP contribution in [0.3, 0.4) is 0 Å². The Morgan fingerprint density at radius 3 is 1.56 bits per heavy atom. The van der Waals surface area contributed by atoms with E-state index in [9.17, 15) is 19.8 Å². The van der Waals surface area contributed by atoms with E-state index in [2.05, 4.69) is 83.2 Å². The van der Waals surface area contributed by atoms with Crippen LogP contribution in [0.15, 0.2) is 97.2 Å². The summed E-state index contributed by atoms with van der Waals surface area (Å²) in [7, 11) is 0. The monoisotopic (exact) mass is 700 g/mol. The molecule has 6 saturated carbocycles. The summed E-state index contributed by atoms with van der Waals surface area (Å²) >= 11 is 0. The van der Waals surface area contributed by atoms with Gasteiger partial charge in [0.1, 0.15) is 24.8 Å². The van der Waals surface area contributed by atoms with Gasteiger partial charge < -0.3 is 10.2 Å². The highest BCUT2D eigenvalue weighted by Crippen LogP contribution is 2.61. The van der Waals surface area contributed by atoms with Gasteiger partial charge in [0.15, 0.2) is 0 Å². The second kappa shape index (κ2) is 15.0. The standard InChI is InChI=1S/C12H16O.C12H14O.C12H16O.C12H14O/c2*1-9-10-4-5-11(8-10)12(9,2)6-3-7-13;2*1-4-11(13)12(3)8(2)9-5-6-10(12)7-9/h3,6-7,10-11H,1,4-5,8H2,2H3;3-7,10-11H,1,8H2,2H3;1,9-11,13H,2,5-7H2,3H3;1,5-6,9-11,13H,2,7H2,3H3/b2*6-3+;;/t2*10-,11+,12+;2*9-,10+,11?,12+/m1010/s1. The van der Waals surface area contributed by atoms with Crippen LogP contribution in [0, 0.1) is 93.7 Å². The average Bonchev–Trinajstić information content (AvgIpc) is 4.02.